The number of carbonyl (C=O) groups excluding carboxylic acids is 2. The first kappa shape index (κ1) is 12.4. The van der Waals surface area contributed by atoms with Gasteiger partial charge in [0, 0.05) is 6.42 Å². The largest absolute Gasteiger partial charge is 0.481 e. The molecule has 0 spiro atoms. The van der Waals surface area contributed by atoms with E-state index in [2.05, 4.69) is 5.32 Å². The summed E-state index contributed by atoms with van der Waals surface area (Å²) in [6.45, 7) is -0.292. The third kappa shape index (κ3) is 5.95. The Morgan fingerprint density at radius 2 is 1.93 bits per heavy atom. The highest BCUT2D eigenvalue weighted by Gasteiger charge is 2.14. The number of carboxylic acids is 1. The van der Waals surface area contributed by atoms with Gasteiger partial charge in [0.2, 0.25) is 11.8 Å². The molecule has 14 heavy (non-hydrogen) atoms. The topological polar surface area (TPSA) is 136 Å². The van der Waals surface area contributed by atoms with Crippen molar-refractivity contribution in [3.05, 3.63) is 0 Å². The zero-order chi connectivity index (χ0) is 11.1. The van der Waals surface area contributed by atoms with Gasteiger partial charge in [-0.2, -0.15) is 0 Å². The molecule has 0 saturated carbocycles. The van der Waals surface area contributed by atoms with Gasteiger partial charge in [0.1, 0.15) is 0 Å². The van der Waals surface area contributed by atoms with Crippen LogP contribution in [-0.4, -0.2) is 35.5 Å². The number of nitrogens with one attached hydrogen (secondary N) is 1. The highest BCUT2D eigenvalue weighted by molar-refractivity contribution is 5.86. The van der Waals surface area contributed by atoms with Crippen LogP contribution in [0.2, 0.25) is 0 Å². The van der Waals surface area contributed by atoms with E-state index in [1.807, 2.05) is 0 Å². The van der Waals surface area contributed by atoms with Crippen LogP contribution in [0.3, 0.4) is 0 Å². The molecule has 0 saturated heterocycles. The number of carbonyl (C=O) groups is 3. The molecule has 2 amide bonds. The van der Waals surface area contributed by atoms with Crippen LogP contribution in [0.15, 0.2) is 0 Å². The lowest BCUT2D eigenvalue weighted by molar-refractivity contribution is -0.137. The molecule has 1 atom stereocenters. The lowest BCUT2D eigenvalue weighted by atomic mass is 10.1. The van der Waals surface area contributed by atoms with E-state index in [4.69, 9.17) is 16.6 Å². The van der Waals surface area contributed by atoms with Gasteiger partial charge in [-0.1, -0.05) is 0 Å². The number of hydrogen-bond donors (Lipinski definition) is 4. The van der Waals surface area contributed by atoms with Crippen LogP contribution in [-0.2, 0) is 14.4 Å². The van der Waals surface area contributed by atoms with Crippen LogP contribution in [0.25, 0.3) is 0 Å². The molecule has 7 heteroatoms. The Morgan fingerprint density at radius 3 is 2.36 bits per heavy atom. The normalized spacial score (nSPS) is 11.8. The summed E-state index contributed by atoms with van der Waals surface area (Å²) in [7, 11) is 0. The zero-order valence-electron chi connectivity index (χ0n) is 7.53. The Morgan fingerprint density at radius 1 is 1.36 bits per heavy atom. The van der Waals surface area contributed by atoms with Crippen molar-refractivity contribution in [2.75, 3.05) is 6.54 Å². The molecule has 0 fully saturated rings. The first-order valence-corrected chi connectivity index (χ1v) is 3.97. The average molecular weight is 203 g/mol. The first-order chi connectivity index (χ1) is 6.43. The van der Waals surface area contributed by atoms with E-state index in [-0.39, 0.29) is 19.4 Å². The van der Waals surface area contributed by atoms with E-state index in [0.29, 0.717) is 0 Å². The van der Waals surface area contributed by atoms with E-state index in [0.717, 1.165) is 0 Å². The maximum Gasteiger partial charge on any atom is 0.303 e. The second kappa shape index (κ2) is 5.92. The number of nitrogens with two attached hydrogens (primary N) is 2. The van der Waals surface area contributed by atoms with E-state index < -0.39 is 23.8 Å². The molecule has 1 unspecified atom stereocenters. The van der Waals surface area contributed by atoms with E-state index in [1.54, 1.807) is 0 Å². The SMILES string of the molecule is NC(=O)CNC(=O)C(N)CCC(=O)O. The van der Waals surface area contributed by atoms with E-state index >= 15 is 0 Å². The van der Waals surface area contributed by atoms with Crippen LogP contribution in [0.5, 0.6) is 0 Å². The smallest absolute Gasteiger partial charge is 0.303 e. The Kier molecular flexibility index (Phi) is 5.23. The molecular weight excluding hydrogens is 190 g/mol. The highest BCUT2D eigenvalue weighted by Crippen LogP contribution is 1.94. The van der Waals surface area contributed by atoms with Crippen molar-refractivity contribution in [1.29, 1.82) is 0 Å². The number of aliphatic carboxylic acids is 1. The predicted octanol–water partition coefficient (Wildman–Crippen LogP) is -2.22. The maximum absolute atomic E-state index is 11.0. The molecule has 0 aromatic rings. The van der Waals surface area contributed by atoms with Crippen LogP contribution in [0.1, 0.15) is 12.8 Å². The van der Waals surface area contributed by atoms with Gasteiger partial charge in [-0.15, -0.1) is 0 Å². The fourth-order valence-corrected chi connectivity index (χ4v) is 0.715. The molecule has 0 aromatic heterocycles. The minimum absolute atomic E-state index is 0.0277. The van der Waals surface area contributed by atoms with Crippen molar-refractivity contribution in [1.82, 2.24) is 5.32 Å². The molecule has 0 heterocycles. The molecular formula is C7H13N3O4. The van der Waals surface area contributed by atoms with Crippen molar-refractivity contribution in [2.24, 2.45) is 11.5 Å². The van der Waals surface area contributed by atoms with Crippen LogP contribution < -0.4 is 16.8 Å². The Bertz CT molecular complexity index is 241. The van der Waals surface area contributed by atoms with Crippen molar-refractivity contribution < 1.29 is 19.5 Å². The molecule has 0 aliphatic rings. The van der Waals surface area contributed by atoms with E-state index in [1.165, 1.54) is 0 Å². The van der Waals surface area contributed by atoms with Gasteiger partial charge < -0.3 is 21.9 Å². The number of hydrogen-bond acceptors (Lipinski definition) is 4. The van der Waals surface area contributed by atoms with Crippen molar-refractivity contribution >= 4 is 17.8 Å². The summed E-state index contributed by atoms with van der Waals surface area (Å²) < 4.78 is 0. The number of primary amides is 1. The van der Waals surface area contributed by atoms with Gasteiger partial charge in [-0.25, -0.2) is 0 Å². The monoisotopic (exact) mass is 203 g/mol. The fourth-order valence-electron chi connectivity index (χ4n) is 0.715. The lowest BCUT2D eigenvalue weighted by Gasteiger charge is -2.09. The molecule has 7 nitrogen and oxygen atoms in total. The minimum Gasteiger partial charge on any atom is -0.481 e. The molecule has 0 bridgehead atoms. The second-order valence-corrected chi connectivity index (χ2v) is 2.72. The summed E-state index contributed by atoms with van der Waals surface area (Å²) in [5.41, 5.74) is 10.1. The molecule has 80 valence electrons. The highest BCUT2D eigenvalue weighted by atomic mass is 16.4. The first-order valence-electron chi connectivity index (χ1n) is 3.97. The molecule has 0 aliphatic heterocycles. The second-order valence-electron chi connectivity index (χ2n) is 2.72. The van der Waals surface area contributed by atoms with Gasteiger partial charge in [0.05, 0.1) is 12.6 Å². The van der Waals surface area contributed by atoms with Crippen LogP contribution in [0, 0.1) is 0 Å². The summed E-state index contributed by atoms with van der Waals surface area (Å²) >= 11 is 0. The van der Waals surface area contributed by atoms with Crippen LogP contribution >= 0.6 is 0 Å². The fraction of sp³-hybridized carbons (Fsp3) is 0.571. The van der Waals surface area contributed by atoms with Gasteiger partial charge in [0.15, 0.2) is 0 Å². The van der Waals surface area contributed by atoms with Gasteiger partial charge in [-0.3, -0.25) is 14.4 Å². The van der Waals surface area contributed by atoms with Crippen molar-refractivity contribution in [2.45, 2.75) is 18.9 Å². The van der Waals surface area contributed by atoms with Gasteiger partial charge in [-0.05, 0) is 6.42 Å². The van der Waals surface area contributed by atoms with Crippen molar-refractivity contribution in [3.8, 4) is 0 Å². The molecule has 0 radical (unpaired) electrons. The Hall–Kier alpha value is -1.63. The third-order valence-corrected chi connectivity index (χ3v) is 1.44. The summed E-state index contributed by atoms with van der Waals surface area (Å²) in [5.74, 6) is -2.28. The van der Waals surface area contributed by atoms with Gasteiger partial charge >= 0.3 is 5.97 Å². The van der Waals surface area contributed by atoms with Crippen LogP contribution in [0.4, 0.5) is 0 Å². The Labute approximate surface area is 80.4 Å². The molecule has 0 rings (SSSR count). The average Bonchev–Trinajstić information content (AvgIpc) is 2.09. The minimum atomic E-state index is -1.02. The quantitative estimate of drug-likeness (QED) is 0.387. The zero-order valence-corrected chi connectivity index (χ0v) is 7.53. The van der Waals surface area contributed by atoms with E-state index in [9.17, 15) is 14.4 Å². The third-order valence-electron chi connectivity index (χ3n) is 1.44. The molecule has 0 aliphatic carbocycles. The summed E-state index contributed by atoms with van der Waals surface area (Å²) in [4.78, 5) is 31.4. The number of rotatable bonds is 6. The van der Waals surface area contributed by atoms with Gasteiger partial charge in [0.25, 0.3) is 0 Å². The maximum atomic E-state index is 11.0. The predicted molar refractivity (Wildman–Crippen MR) is 47.0 cm³/mol. The summed E-state index contributed by atoms with van der Waals surface area (Å²) in [6.07, 6.45) is -0.162. The standard InChI is InChI=1S/C7H13N3O4/c8-4(1-2-6(12)13)7(14)10-3-5(9)11/h4H,1-3,8H2,(H2,9,11)(H,10,14)(H,12,13). The Balaban J connectivity index is 3.76. The number of amides is 2. The molecule has 0 aromatic carbocycles. The number of carboxylic acid groups (broad SMARTS) is 1. The molecule has 6 N–H and O–H groups in total. The summed E-state index contributed by atoms with van der Waals surface area (Å²) in [5, 5.41) is 10.5. The lowest BCUT2D eigenvalue weighted by Crippen LogP contribution is -2.44. The summed E-state index contributed by atoms with van der Waals surface area (Å²) in [6, 6.07) is -0.926. The van der Waals surface area contributed by atoms with Crippen molar-refractivity contribution in [3.63, 3.8) is 0 Å².